The molecule has 2 aromatic carbocycles. The number of halogens is 2. The predicted molar refractivity (Wildman–Crippen MR) is 108 cm³/mol. The molecule has 0 spiro atoms. The molecular formula is C19H26Cl2N2O2. The summed E-state index contributed by atoms with van der Waals surface area (Å²) in [7, 11) is 3.37. The third-order valence-electron chi connectivity index (χ3n) is 4.49. The van der Waals surface area contributed by atoms with E-state index in [9.17, 15) is 0 Å². The molecule has 0 saturated carbocycles. The van der Waals surface area contributed by atoms with Crippen LogP contribution in [0.3, 0.4) is 0 Å². The van der Waals surface area contributed by atoms with E-state index < -0.39 is 0 Å². The summed E-state index contributed by atoms with van der Waals surface area (Å²) in [5, 5.41) is 0. The van der Waals surface area contributed by atoms with Crippen molar-refractivity contribution in [3.63, 3.8) is 0 Å². The van der Waals surface area contributed by atoms with Gasteiger partial charge in [0.15, 0.2) is 11.5 Å². The molecule has 0 amide bonds. The molecule has 138 valence electrons. The summed E-state index contributed by atoms with van der Waals surface area (Å²) in [5.41, 5.74) is 10.6. The molecule has 6 heteroatoms. The predicted octanol–water partition coefficient (Wildman–Crippen LogP) is 3.73. The van der Waals surface area contributed by atoms with Gasteiger partial charge in [0.1, 0.15) is 0 Å². The average molecular weight is 385 g/mol. The van der Waals surface area contributed by atoms with E-state index in [2.05, 4.69) is 29.2 Å². The molecule has 2 aromatic rings. The van der Waals surface area contributed by atoms with E-state index in [4.69, 9.17) is 15.2 Å². The van der Waals surface area contributed by atoms with E-state index in [1.165, 1.54) is 16.7 Å². The molecule has 0 bridgehead atoms. The van der Waals surface area contributed by atoms with Crippen LogP contribution in [0.2, 0.25) is 0 Å². The van der Waals surface area contributed by atoms with Crippen LogP contribution in [-0.2, 0) is 19.4 Å². The number of benzene rings is 2. The van der Waals surface area contributed by atoms with E-state index in [1.54, 1.807) is 14.2 Å². The first-order valence-electron chi connectivity index (χ1n) is 8.00. The lowest BCUT2D eigenvalue weighted by molar-refractivity contribution is 0.255. The van der Waals surface area contributed by atoms with Crippen LogP contribution in [0.25, 0.3) is 0 Å². The maximum Gasteiger partial charge on any atom is 0.161 e. The monoisotopic (exact) mass is 384 g/mol. The molecule has 1 heterocycles. The fourth-order valence-electron chi connectivity index (χ4n) is 3.10. The van der Waals surface area contributed by atoms with Gasteiger partial charge in [-0.3, -0.25) is 4.90 Å². The zero-order valence-electron chi connectivity index (χ0n) is 14.7. The van der Waals surface area contributed by atoms with Gasteiger partial charge in [0.25, 0.3) is 0 Å². The minimum Gasteiger partial charge on any atom is -0.493 e. The normalized spacial score (nSPS) is 13.2. The smallest absolute Gasteiger partial charge is 0.161 e. The second-order valence-electron chi connectivity index (χ2n) is 5.99. The number of anilines is 1. The Bertz CT molecular complexity index is 678. The highest BCUT2D eigenvalue weighted by Gasteiger charge is 2.19. The molecule has 1 aliphatic heterocycles. The minimum atomic E-state index is 0. The lowest BCUT2D eigenvalue weighted by Crippen LogP contribution is -2.32. The molecule has 0 fully saturated rings. The van der Waals surface area contributed by atoms with Gasteiger partial charge in [0, 0.05) is 25.3 Å². The highest BCUT2D eigenvalue weighted by molar-refractivity contribution is 5.85. The van der Waals surface area contributed by atoms with Crippen molar-refractivity contribution < 1.29 is 9.47 Å². The SMILES string of the molecule is COc1cc2c(cc1OC)CN(CCc1ccc(N)cc1)CC2.Cl.Cl. The molecule has 1 aliphatic rings. The van der Waals surface area contributed by atoms with Crippen molar-refractivity contribution in [3.05, 3.63) is 53.1 Å². The first kappa shape index (κ1) is 21.4. The summed E-state index contributed by atoms with van der Waals surface area (Å²) in [6.45, 7) is 3.10. The molecule has 0 radical (unpaired) electrons. The van der Waals surface area contributed by atoms with Gasteiger partial charge in [-0.1, -0.05) is 12.1 Å². The van der Waals surface area contributed by atoms with Crippen LogP contribution in [0.4, 0.5) is 5.69 Å². The maximum absolute atomic E-state index is 5.74. The van der Waals surface area contributed by atoms with Crippen molar-refractivity contribution in [3.8, 4) is 11.5 Å². The van der Waals surface area contributed by atoms with E-state index in [1.807, 2.05) is 12.1 Å². The van der Waals surface area contributed by atoms with Crippen molar-refractivity contribution >= 4 is 30.5 Å². The van der Waals surface area contributed by atoms with Gasteiger partial charge < -0.3 is 15.2 Å². The quantitative estimate of drug-likeness (QED) is 0.797. The van der Waals surface area contributed by atoms with Crippen LogP contribution in [0.1, 0.15) is 16.7 Å². The summed E-state index contributed by atoms with van der Waals surface area (Å²) < 4.78 is 10.8. The average Bonchev–Trinajstić information content (AvgIpc) is 2.59. The maximum atomic E-state index is 5.74. The Labute approximate surface area is 162 Å². The van der Waals surface area contributed by atoms with E-state index >= 15 is 0 Å². The minimum absolute atomic E-state index is 0. The number of nitrogens with two attached hydrogens (primary N) is 1. The number of ether oxygens (including phenoxy) is 2. The molecule has 25 heavy (non-hydrogen) atoms. The Morgan fingerprint density at radius 3 is 2.16 bits per heavy atom. The van der Waals surface area contributed by atoms with Gasteiger partial charge in [-0.25, -0.2) is 0 Å². The molecule has 0 atom stereocenters. The van der Waals surface area contributed by atoms with Crippen molar-refractivity contribution in [2.24, 2.45) is 0 Å². The van der Waals surface area contributed by atoms with Crippen LogP contribution in [0.5, 0.6) is 11.5 Å². The molecule has 4 nitrogen and oxygen atoms in total. The molecule has 0 aliphatic carbocycles. The number of methoxy groups -OCH3 is 2. The third kappa shape index (κ3) is 5.18. The highest BCUT2D eigenvalue weighted by Crippen LogP contribution is 2.33. The van der Waals surface area contributed by atoms with Crippen molar-refractivity contribution in [1.82, 2.24) is 4.90 Å². The summed E-state index contributed by atoms with van der Waals surface area (Å²) in [4.78, 5) is 2.49. The fourth-order valence-corrected chi connectivity index (χ4v) is 3.10. The lowest BCUT2D eigenvalue weighted by atomic mass is 9.98. The molecule has 0 aromatic heterocycles. The van der Waals surface area contributed by atoms with Crippen molar-refractivity contribution in [2.75, 3.05) is 33.0 Å². The van der Waals surface area contributed by atoms with Crippen molar-refractivity contribution in [2.45, 2.75) is 19.4 Å². The molecule has 0 unspecified atom stereocenters. The highest BCUT2D eigenvalue weighted by atomic mass is 35.5. The topological polar surface area (TPSA) is 47.7 Å². The first-order chi connectivity index (χ1) is 11.2. The summed E-state index contributed by atoms with van der Waals surface area (Å²) in [5.74, 6) is 1.63. The van der Waals surface area contributed by atoms with Gasteiger partial charge in [-0.15, -0.1) is 24.8 Å². The van der Waals surface area contributed by atoms with Crippen LogP contribution in [0, 0.1) is 0 Å². The number of nitrogen functional groups attached to an aromatic ring is 1. The Balaban J connectivity index is 0.00000156. The molecule has 0 saturated heterocycles. The second kappa shape index (κ2) is 9.76. The molecule has 3 rings (SSSR count). The van der Waals surface area contributed by atoms with Gasteiger partial charge in [0.2, 0.25) is 0 Å². The Morgan fingerprint density at radius 2 is 1.56 bits per heavy atom. The molecule has 2 N–H and O–H groups in total. The van der Waals surface area contributed by atoms with Gasteiger partial charge in [-0.2, -0.15) is 0 Å². The standard InChI is InChI=1S/C19H24N2O2.2ClH/c1-22-18-11-15-8-10-21(13-16(15)12-19(18)23-2)9-7-14-3-5-17(20)6-4-14;;/h3-6,11-12H,7-10,13,20H2,1-2H3;2*1H. The van der Waals surface area contributed by atoms with Gasteiger partial charge in [-0.05, 0) is 53.8 Å². The second-order valence-corrected chi connectivity index (χ2v) is 5.99. The van der Waals surface area contributed by atoms with Crippen LogP contribution < -0.4 is 15.2 Å². The van der Waals surface area contributed by atoms with E-state index in [-0.39, 0.29) is 24.8 Å². The van der Waals surface area contributed by atoms with Crippen LogP contribution in [0.15, 0.2) is 36.4 Å². The summed E-state index contributed by atoms with van der Waals surface area (Å²) in [6.07, 6.45) is 2.10. The largest absolute Gasteiger partial charge is 0.493 e. The zero-order chi connectivity index (χ0) is 16.2. The number of fused-ring (bicyclic) bond motifs is 1. The van der Waals surface area contributed by atoms with Crippen molar-refractivity contribution in [1.29, 1.82) is 0 Å². The number of hydrogen-bond acceptors (Lipinski definition) is 4. The van der Waals surface area contributed by atoms with E-state index in [0.717, 1.165) is 49.7 Å². The van der Waals surface area contributed by atoms with E-state index in [0.29, 0.717) is 0 Å². The third-order valence-corrected chi connectivity index (χ3v) is 4.49. The summed E-state index contributed by atoms with van der Waals surface area (Å²) in [6, 6.07) is 12.4. The lowest BCUT2D eigenvalue weighted by Gasteiger charge is -2.29. The molecular weight excluding hydrogens is 359 g/mol. The Kier molecular flexibility index (Phi) is 8.36. The van der Waals surface area contributed by atoms with Gasteiger partial charge in [0.05, 0.1) is 14.2 Å². The van der Waals surface area contributed by atoms with Gasteiger partial charge >= 0.3 is 0 Å². The van der Waals surface area contributed by atoms with Crippen LogP contribution in [-0.4, -0.2) is 32.2 Å². The van der Waals surface area contributed by atoms with Crippen LogP contribution >= 0.6 is 24.8 Å². The fraction of sp³-hybridized carbons (Fsp3) is 0.368. The number of hydrogen-bond donors (Lipinski definition) is 1. The Hall–Kier alpha value is -1.62. The number of rotatable bonds is 5. The Morgan fingerprint density at radius 1 is 0.960 bits per heavy atom. The zero-order valence-corrected chi connectivity index (χ0v) is 16.3. The summed E-state index contributed by atoms with van der Waals surface area (Å²) >= 11 is 0. The first-order valence-corrected chi connectivity index (χ1v) is 8.00. The number of nitrogens with zero attached hydrogens (tertiary/aromatic N) is 1.